The third-order valence-corrected chi connectivity index (χ3v) is 3.12. The van der Waals surface area contributed by atoms with Gasteiger partial charge in [-0.1, -0.05) is 19.9 Å². The zero-order chi connectivity index (χ0) is 14.5. The Balaban J connectivity index is 2.14. The highest BCUT2D eigenvalue weighted by molar-refractivity contribution is 5.93. The summed E-state index contributed by atoms with van der Waals surface area (Å²) >= 11 is 0. The van der Waals surface area contributed by atoms with Crippen LogP contribution in [0.25, 0.3) is 5.69 Å². The van der Waals surface area contributed by atoms with E-state index in [4.69, 9.17) is 5.73 Å². The summed E-state index contributed by atoms with van der Waals surface area (Å²) in [6.45, 7) is 4.29. The molecule has 2 aromatic rings. The molecule has 1 unspecified atom stereocenters. The first kappa shape index (κ1) is 14.1. The van der Waals surface area contributed by atoms with E-state index in [0.29, 0.717) is 12.2 Å². The van der Waals surface area contributed by atoms with Crippen LogP contribution in [-0.2, 0) is 4.79 Å². The van der Waals surface area contributed by atoms with Gasteiger partial charge in [-0.3, -0.25) is 4.79 Å². The van der Waals surface area contributed by atoms with Crippen LogP contribution in [0.3, 0.4) is 0 Å². The highest BCUT2D eigenvalue weighted by atomic mass is 16.1. The maximum atomic E-state index is 12.1. The fraction of sp³-hybridized carbons (Fsp3) is 0.385. The molecule has 1 heterocycles. The van der Waals surface area contributed by atoms with Gasteiger partial charge < -0.3 is 11.1 Å². The number of anilines is 1. The number of nitrogens with two attached hydrogens (primary N) is 1. The Kier molecular flexibility index (Phi) is 4.41. The third-order valence-electron chi connectivity index (χ3n) is 3.12. The number of hydrogen-bond donors (Lipinski definition) is 2. The zero-order valence-corrected chi connectivity index (χ0v) is 11.5. The van der Waals surface area contributed by atoms with Gasteiger partial charge in [-0.05, 0) is 34.5 Å². The lowest BCUT2D eigenvalue weighted by Gasteiger charge is -2.18. The SMILES string of the molecule is CC(C)C(CN)C(=O)Nc1cccc(-n2cnnn2)c1. The third kappa shape index (κ3) is 3.18. The van der Waals surface area contributed by atoms with Gasteiger partial charge in [-0.15, -0.1) is 5.10 Å². The van der Waals surface area contributed by atoms with E-state index in [0.717, 1.165) is 5.69 Å². The van der Waals surface area contributed by atoms with Crippen molar-refractivity contribution in [3.05, 3.63) is 30.6 Å². The molecule has 0 aliphatic heterocycles. The lowest BCUT2D eigenvalue weighted by atomic mass is 9.95. The van der Waals surface area contributed by atoms with Gasteiger partial charge in [0.2, 0.25) is 5.91 Å². The van der Waals surface area contributed by atoms with E-state index < -0.39 is 0 Å². The number of aromatic nitrogens is 4. The Labute approximate surface area is 117 Å². The molecule has 0 aliphatic carbocycles. The summed E-state index contributed by atoms with van der Waals surface area (Å²) in [4.78, 5) is 12.1. The smallest absolute Gasteiger partial charge is 0.229 e. The van der Waals surface area contributed by atoms with Crippen LogP contribution in [0.1, 0.15) is 13.8 Å². The van der Waals surface area contributed by atoms with Crippen molar-refractivity contribution in [2.24, 2.45) is 17.6 Å². The van der Waals surface area contributed by atoms with Crippen molar-refractivity contribution < 1.29 is 4.79 Å². The fourth-order valence-electron chi connectivity index (χ4n) is 1.92. The van der Waals surface area contributed by atoms with Gasteiger partial charge in [-0.2, -0.15) is 0 Å². The Bertz CT molecular complexity index is 566. The van der Waals surface area contributed by atoms with E-state index in [1.165, 1.54) is 11.0 Å². The second-order valence-electron chi connectivity index (χ2n) is 4.88. The summed E-state index contributed by atoms with van der Waals surface area (Å²) < 4.78 is 1.53. The monoisotopic (exact) mass is 274 g/mol. The minimum absolute atomic E-state index is 0.0728. The van der Waals surface area contributed by atoms with Gasteiger partial charge in [0.15, 0.2) is 0 Å². The van der Waals surface area contributed by atoms with Crippen LogP contribution in [0, 0.1) is 11.8 Å². The van der Waals surface area contributed by atoms with Crippen molar-refractivity contribution >= 4 is 11.6 Å². The lowest BCUT2D eigenvalue weighted by Crippen LogP contribution is -2.33. The van der Waals surface area contributed by atoms with Crippen molar-refractivity contribution in [1.82, 2.24) is 20.2 Å². The molecule has 7 nitrogen and oxygen atoms in total. The molecule has 1 atom stereocenters. The van der Waals surface area contributed by atoms with Crippen LogP contribution in [0.4, 0.5) is 5.69 Å². The Morgan fingerprint density at radius 1 is 1.45 bits per heavy atom. The van der Waals surface area contributed by atoms with Gasteiger partial charge in [0.25, 0.3) is 0 Å². The molecule has 0 saturated heterocycles. The Hall–Kier alpha value is -2.28. The topological polar surface area (TPSA) is 98.7 Å². The molecule has 1 aromatic heterocycles. The Morgan fingerprint density at radius 2 is 2.25 bits per heavy atom. The van der Waals surface area contributed by atoms with Gasteiger partial charge in [-0.25, -0.2) is 4.68 Å². The molecule has 1 amide bonds. The number of tetrazole rings is 1. The summed E-state index contributed by atoms with van der Waals surface area (Å²) in [5.41, 5.74) is 7.12. The molecule has 20 heavy (non-hydrogen) atoms. The number of rotatable bonds is 5. The summed E-state index contributed by atoms with van der Waals surface area (Å²) in [6.07, 6.45) is 1.50. The molecule has 7 heteroatoms. The predicted molar refractivity (Wildman–Crippen MR) is 75.2 cm³/mol. The summed E-state index contributed by atoms with van der Waals surface area (Å²) in [5, 5.41) is 13.8. The highest BCUT2D eigenvalue weighted by Crippen LogP contribution is 2.16. The van der Waals surface area contributed by atoms with Crippen LogP contribution in [0.2, 0.25) is 0 Å². The normalized spacial score (nSPS) is 12.4. The van der Waals surface area contributed by atoms with E-state index >= 15 is 0 Å². The van der Waals surface area contributed by atoms with E-state index in [9.17, 15) is 4.79 Å². The zero-order valence-electron chi connectivity index (χ0n) is 11.5. The van der Waals surface area contributed by atoms with E-state index in [-0.39, 0.29) is 17.7 Å². The average Bonchev–Trinajstić information content (AvgIpc) is 2.93. The van der Waals surface area contributed by atoms with Crippen molar-refractivity contribution in [2.45, 2.75) is 13.8 Å². The van der Waals surface area contributed by atoms with Crippen molar-refractivity contribution in [3.8, 4) is 5.69 Å². The molecule has 0 fully saturated rings. The second-order valence-corrected chi connectivity index (χ2v) is 4.88. The molecule has 1 aromatic carbocycles. The molecular weight excluding hydrogens is 256 g/mol. The number of nitrogens with one attached hydrogen (secondary N) is 1. The number of nitrogens with zero attached hydrogens (tertiary/aromatic N) is 4. The number of benzene rings is 1. The van der Waals surface area contributed by atoms with Gasteiger partial charge in [0.05, 0.1) is 11.6 Å². The van der Waals surface area contributed by atoms with Gasteiger partial charge in [0, 0.05) is 12.2 Å². The first-order valence-corrected chi connectivity index (χ1v) is 6.46. The average molecular weight is 274 g/mol. The maximum absolute atomic E-state index is 12.1. The summed E-state index contributed by atoms with van der Waals surface area (Å²) in [7, 11) is 0. The van der Waals surface area contributed by atoms with Crippen molar-refractivity contribution in [3.63, 3.8) is 0 Å². The van der Waals surface area contributed by atoms with Crippen LogP contribution in [0.15, 0.2) is 30.6 Å². The highest BCUT2D eigenvalue weighted by Gasteiger charge is 2.20. The maximum Gasteiger partial charge on any atom is 0.229 e. The molecule has 0 radical (unpaired) electrons. The van der Waals surface area contributed by atoms with Gasteiger partial charge >= 0.3 is 0 Å². The van der Waals surface area contributed by atoms with E-state index in [1.807, 2.05) is 38.1 Å². The van der Waals surface area contributed by atoms with Crippen LogP contribution < -0.4 is 11.1 Å². The number of amides is 1. The fourth-order valence-corrected chi connectivity index (χ4v) is 1.92. The quantitative estimate of drug-likeness (QED) is 0.841. The largest absolute Gasteiger partial charge is 0.330 e. The minimum atomic E-state index is -0.202. The minimum Gasteiger partial charge on any atom is -0.330 e. The van der Waals surface area contributed by atoms with E-state index in [2.05, 4.69) is 20.8 Å². The molecule has 3 N–H and O–H groups in total. The van der Waals surface area contributed by atoms with Crippen LogP contribution >= 0.6 is 0 Å². The first-order chi connectivity index (χ1) is 9.61. The number of hydrogen-bond acceptors (Lipinski definition) is 5. The molecule has 106 valence electrons. The first-order valence-electron chi connectivity index (χ1n) is 6.46. The lowest BCUT2D eigenvalue weighted by molar-refractivity contribution is -0.120. The standard InChI is InChI=1S/C13H18N6O/c1-9(2)12(7-14)13(20)16-10-4-3-5-11(6-10)19-8-15-17-18-19/h3-6,8-9,12H,7,14H2,1-2H3,(H,16,20). The number of carbonyl (C=O) groups excluding carboxylic acids is 1. The van der Waals surface area contributed by atoms with Crippen LogP contribution in [-0.4, -0.2) is 32.7 Å². The van der Waals surface area contributed by atoms with Crippen LogP contribution in [0.5, 0.6) is 0 Å². The molecular formula is C13H18N6O. The summed E-state index contributed by atoms with van der Waals surface area (Å²) in [5.74, 6) is -0.0780. The summed E-state index contributed by atoms with van der Waals surface area (Å²) in [6, 6.07) is 7.32. The molecule has 0 aliphatic rings. The van der Waals surface area contributed by atoms with E-state index in [1.54, 1.807) is 0 Å². The molecule has 0 bridgehead atoms. The predicted octanol–water partition coefficient (Wildman–Crippen LogP) is 0.832. The van der Waals surface area contributed by atoms with Crippen molar-refractivity contribution in [2.75, 3.05) is 11.9 Å². The Morgan fingerprint density at radius 3 is 2.85 bits per heavy atom. The molecule has 0 spiro atoms. The van der Waals surface area contributed by atoms with Crippen molar-refractivity contribution in [1.29, 1.82) is 0 Å². The van der Waals surface area contributed by atoms with Gasteiger partial charge in [0.1, 0.15) is 6.33 Å². The second kappa shape index (κ2) is 6.25. The molecule has 0 saturated carbocycles. The molecule has 2 rings (SSSR count). The number of carbonyl (C=O) groups is 1.